The van der Waals surface area contributed by atoms with Crippen molar-refractivity contribution < 1.29 is 4.79 Å². The Morgan fingerprint density at radius 2 is 2.08 bits per heavy atom. The van der Waals surface area contributed by atoms with Crippen LogP contribution in [-0.2, 0) is 18.4 Å². The van der Waals surface area contributed by atoms with Gasteiger partial charge in [0, 0.05) is 51.0 Å². The molecule has 4 rings (SSSR count). The molecule has 2 saturated heterocycles. The van der Waals surface area contributed by atoms with Crippen molar-refractivity contribution in [3.63, 3.8) is 0 Å². The zero-order chi connectivity index (χ0) is 17.2. The third kappa shape index (κ3) is 3.24. The summed E-state index contributed by atoms with van der Waals surface area (Å²) in [5.41, 5.74) is 1.22. The van der Waals surface area contributed by atoms with Gasteiger partial charge in [0.1, 0.15) is 5.82 Å². The summed E-state index contributed by atoms with van der Waals surface area (Å²) in [7, 11) is 1.98. The highest BCUT2D eigenvalue weighted by Gasteiger charge is 2.46. The van der Waals surface area contributed by atoms with Crippen molar-refractivity contribution in [2.75, 3.05) is 13.1 Å². The van der Waals surface area contributed by atoms with Crippen molar-refractivity contribution in [1.82, 2.24) is 19.4 Å². The van der Waals surface area contributed by atoms with E-state index in [0.29, 0.717) is 25.0 Å². The summed E-state index contributed by atoms with van der Waals surface area (Å²) in [4.78, 5) is 21.4. The van der Waals surface area contributed by atoms with E-state index in [9.17, 15) is 4.79 Å². The van der Waals surface area contributed by atoms with Crippen LogP contribution in [0.2, 0.25) is 0 Å². The molecular weight excluding hydrogens is 312 g/mol. The molecule has 130 valence electrons. The fraction of sp³-hybridized carbons (Fsp3) is 0.400. The zero-order valence-corrected chi connectivity index (χ0v) is 14.6. The maximum atomic E-state index is 12.5. The number of benzene rings is 1. The number of fused-ring (bicyclic) bond motifs is 1. The third-order valence-corrected chi connectivity index (χ3v) is 5.41. The molecule has 2 aromatic rings. The van der Waals surface area contributed by atoms with Gasteiger partial charge >= 0.3 is 0 Å². The first-order valence-corrected chi connectivity index (χ1v) is 8.93. The van der Waals surface area contributed by atoms with Crippen LogP contribution >= 0.6 is 0 Å². The van der Waals surface area contributed by atoms with Gasteiger partial charge in [-0.3, -0.25) is 9.69 Å². The summed E-state index contributed by atoms with van der Waals surface area (Å²) >= 11 is 0. The molecular formula is C20H24N4O. The molecule has 2 aliphatic heterocycles. The molecule has 1 aromatic heterocycles. The Hall–Kier alpha value is -2.40. The van der Waals surface area contributed by atoms with Crippen LogP contribution in [0.1, 0.15) is 24.2 Å². The Kier molecular flexibility index (Phi) is 4.40. The van der Waals surface area contributed by atoms with Gasteiger partial charge in [0.25, 0.3) is 0 Å². The van der Waals surface area contributed by atoms with Gasteiger partial charge in [0.05, 0.1) is 6.54 Å². The molecule has 5 nitrogen and oxygen atoms in total. The van der Waals surface area contributed by atoms with Crippen LogP contribution < -0.4 is 0 Å². The molecule has 0 unspecified atom stereocenters. The number of carbonyl (C=O) groups is 1. The standard InChI is InChI=1S/C20H24N4O/c1-22-13-10-21-19(22)15-24-17-9-12-23(18(17)14-20(24)25)11-5-8-16-6-3-2-4-7-16/h2-8,10,13,17-18H,9,11-12,14-15H2,1H3/b8-5+/t17-,18-/m0/s1. The molecule has 2 aliphatic rings. The van der Waals surface area contributed by atoms with Crippen LogP contribution in [-0.4, -0.2) is 50.4 Å². The maximum Gasteiger partial charge on any atom is 0.224 e. The first kappa shape index (κ1) is 16.1. The van der Waals surface area contributed by atoms with E-state index in [1.165, 1.54) is 5.56 Å². The third-order valence-electron chi connectivity index (χ3n) is 5.41. The summed E-state index contributed by atoms with van der Waals surface area (Å²) in [5.74, 6) is 1.21. The molecule has 0 radical (unpaired) electrons. The lowest BCUT2D eigenvalue weighted by atomic mass is 10.1. The van der Waals surface area contributed by atoms with Crippen LogP contribution in [0.25, 0.3) is 6.08 Å². The SMILES string of the molecule is Cn1ccnc1CN1C(=O)C[C@H]2[C@@H]1CCN2C/C=C/c1ccccc1. The number of aryl methyl sites for hydroxylation is 1. The Bertz CT molecular complexity index is 767. The lowest BCUT2D eigenvalue weighted by molar-refractivity contribution is -0.129. The molecule has 2 atom stereocenters. The minimum Gasteiger partial charge on any atom is -0.337 e. The van der Waals surface area contributed by atoms with Gasteiger partial charge in [-0.1, -0.05) is 42.5 Å². The minimum atomic E-state index is 0.259. The van der Waals surface area contributed by atoms with E-state index < -0.39 is 0 Å². The van der Waals surface area contributed by atoms with Crippen LogP contribution in [0.15, 0.2) is 48.8 Å². The summed E-state index contributed by atoms with van der Waals surface area (Å²) < 4.78 is 2.00. The molecule has 25 heavy (non-hydrogen) atoms. The Balaban J connectivity index is 1.40. The number of rotatable bonds is 5. The molecule has 0 saturated carbocycles. The summed E-state index contributed by atoms with van der Waals surface area (Å²) in [6.07, 6.45) is 9.79. The Morgan fingerprint density at radius 1 is 1.24 bits per heavy atom. The highest BCUT2D eigenvalue weighted by Crippen LogP contribution is 2.33. The number of carbonyl (C=O) groups excluding carboxylic acids is 1. The molecule has 0 bridgehead atoms. The average Bonchev–Trinajstić information content (AvgIpc) is 3.28. The zero-order valence-electron chi connectivity index (χ0n) is 14.6. The Morgan fingerprint density at radius 3 is 2.84 bits per heavy atom. The van der Waals surface area contributed by atoms with E-state index in [4.69, 9.17) is 0 Å². The van der Waals surface area contributed by atoms with Crippen molar-refractivity contribution in [2.24, 2.45) is 7.05 Å². The lowest BCUT2D eigenvalue weighted by Gasteiger charge is -2.24. The predicted molar refractivity (Wildman–Crippen MR) is 97.6 cm³/mol. The van der Waals surface area contributed by atoms with Gasteiger partial charge in [-0.25, -0.2) is 4.98 Å². The van der Waals surface area contributed by atoms with Crippen LogP contribution in [0.4, 0.5) is 0 Å². The second kappa shape index (κ2) is 6.84. The summed E-state index contributed by atoms with van der Waals surface area (Å²) in [6.45, 7) is 2.58. The van der Waals surface area contributed by atoms with Crippen molar-refractivity contribution in [1.29, 1.82) is 0 Å². The smallest absolute Gasteiger partial charge is 0.224 e. The maximum absolute atomic E-state index is 12.5. The van der Waals surface area contributed by atoms with Crippen molar-refractivity contribution in [2.45, 2.75) is 31.5 Å². The quantitative estimate of drug-likeness (QED) is 0.841. The molecule has 0 N–H and O–H groups in total. The fourth-order valence-corrected chi connectivity index (χ4v) is 4.03. The van der Waals surface area contributed by atoms with E-state index in [1.54, 1.807) is 6.20 Å². The van der Waals surface area contributed by atoms with E-state index in [0.717, 1.165) is 25.3 Å². The number of amides is 1. The van der Waals surface area contributed by atoms with Gasteiger partial charge in [-0.15, -0.1) is 0 Å². The number of hydrogen-bond acceptors (Lipinski definition) is 3. The number of imidazole rings is 1. The average molecular weight is 336 g/mol. The van der Waals surface area contributed by atoms with E-state index >= 15 is 0 Å². The van der Waals surface area contributed by atoms with Crippen molar-refractivity contribution in [3.8, 4) is 0 Å². The van der Waals surface area contributed by atoms with E-state index in [1.807, 2.05) is 28.8 Å². The Labute approximate surface area is 148 Å². The molecule has 3 heterocycles. The number of aromatic nitrogens is 2. The fourth-order valence-electron chi connectivity index (χ4n) is 4.03. The highest BCUT2D eigenvalue weighted by atomic mass is 16.2. The van der Waals surface area contributed by atoms with Crippen LogP contribution in [0.5, 0.6) is 0 Å². The largest absolute Gasteiger partial charge is 0.337 e. The lowest BCUT2D eigenvalue weighted by Crippen LogP contribution is -2.37. The monoisotopic (exact) mass is 336 g/mol. The topological polar surface area (TPSA) is 41.4 Å². The van der Waals surface area contributed by atoms with E-state index in [2.05, 4.69) is 46.3 Å². The number of likely N-dealkylation sites (tertiary alicyclic amines) is 2. The first-order chi connectivity index (χ1) is 12.2. The summed E-state index contributed by atoms with van der Waals surface area (Å²) in [6, 6.07) is 11.0. The first-order valence-electron chi connectivity index (χ1n) is 8.93. The van der Waals surface area contributed by atoms with Crippen molar-refractivity contribution in [3.05, 3.63) is 60.2 Å². The van der Waals surface area contributed by atoms with Crippen molar-refractivity contribution >= 4 is 12.0 Å². The van der Waals surface area contributed by atoms with Gasteiger partial charge in [-0.05, 0) is 12.0 Å². The molecule has 0 aliphatic carbocycles. The van der Waals surface area contributed by atoms with Gasteiger partial charge < -0.3 is 9.47 Å². The number of nitrogens with zero attached hydrogens (tertiary/aromatic N) is 4. The normalized spacial score (nSPS) is 23.7. The number of hydrogen-bond donors (Lipinski definition) is 0. The minimum absolute atomic E-state index is 0.259. The molecule has 1 amide bonds. The van der Waals surface area contributed by atoms with Gasteiger partial charge in [0.15, 0.2) is 0 Å². The molecule has 0 spiro atoms. The van der Waals surface area contributed by atoms with Crippen LogP contribution in [0.3, 0.4) is 0 Å². The predicted octanol–water partition coefficient (Wildman–Crippen LogP) is 2.31. The molecule has 1 aromatic carbocycles. The summed E-state index contributed by atoms with van der Waals surface area (Å²) in [5, 5.41) is 0. The van der Waals surface area contributed by atoms with E-state index in [-0.39, 0.29) is 5.91 Å². The van der Waals surface area contributed by atoms with Gasteiger partial charge in [-0.2, -0.15) is 0 Å². The second-order valence-corrected chi connectivity index (χ2v) is 6.91. The molecule has 5 heteroatoms. The van der Waals surface area contributed by atoms with Crippen LogP contribution in [0, 0.1) is 0 Å². The van der Waals surface area contributed by atoms with Gasteiger partial charge in [0.2, 0.25) is 5.91 Å². The second-order valence-electron chi connectivity index (χ2n) is 6.91. The highest BCUT2D eigenvalue weighted by molar-refractivity contribution is 5.80. The molecule has 2 fully saturated rings.